The largest absolute Gasteiger partial charge is 0.381 e. The van der Waals surface area contributed by atoms with E-state index >= 15 is 0 Å². The number of nitrogens with zero attached hydrogens (tertiary/aromatic N) is 1. The highest BCUT2D eigenvalue weighted by molar-refractivity contribution is 5.92. The van der Waals surface area contributed by atoms with Crippen LogP contribution in [0.3, 0.4) is 0 Å². The standard InChI is InChI=1S/C15H25N3O/c1-3-4-10-19-11-6-9-17-15(16)18-14-8-5-7-13(2)12-14/h5,7-8,12H,3-4,6,9-11H2,1-2H3,(H3,16,17,18). The van der Waals surface area contributed by atoms with E-state index in [1.807, 2.05) is 31.2 Å². The highest BCUT2D eigenvalue weighted by atomic mass is 16.5. The van der Waals surface area contributed by atoms with Gasteiger partial charge in [0.1, 0.15) is 0 Å². The molecule has 3 N–H and O–H groups in total. The van der Waals surface area contributed by atoms with Gasteiger partial charge in [0, 0.05) is 25.4 Å². The Labute approximate surface area is 116 Å². The first-order valence-corrected chi connectivity index (χ1v) is 6.93. The van der Waals surface area contributed by atoms with Gasteiger partial charge in [0.2, 0.25) is 0 Å². The summed E-state index contributed by atoms with van der Waals surface area (Å²) < 4.78 is 5.46. The summed E-state index contributed by atoms with van der Waals surface area (Å²) >= 11 is 0. The van der Waals surface area contributed by atoms with E-state index in [4.69, 9.17) is 10.5 Å². The minimum atomic E-state index is 0.458. The minimum absolute atomic E-state index is 0.458. The van der Waals surface area contributed by atoms with Crippen molar-refractivity contribution < 1.29 is 4.74 Å². The van der Waals surface area contributed by atoms with Crippen molar-refractivity contribution in [3.05, 3.63) is 29.8 Å². The van der Waals surface area contributed by atoms with Gasteiger partial charge in [0.25, 0.3) is 0 Å². The van der Waals surface area contributed by atoms with E-state index in [2.05, 4.69) is 17.2 Å². The number of nitrogens with one attached hydrogen (secondary N) is 1. The molecular weight excluding hydrogens is 238 g/mol. The summed E-state index contributed by atoms with van der Waals surface area (Å²) in [7, 11) is 0. The molecule has 0 bridgehead atoms. The van der Waals surface area contributed by atoms with Crippen molar-refractivity contribution in [2.75, 3.05) is 25.1 Å². The van der Waals surface area contributed by atoms with Crippen LogP contribution in [0.5, 0.6) is 0 Å². The predicted molar refractivity (Wildman–Crippen MR) is 81.6 cm³/mol. The highest BCUT2D eigenvalue weighted by Crippen LogP contribution is 2.08. The lowest BCUT2D eigenvalue weighted by molar-refractivity contribution is 0.130. The molecule has 1 aromatic carbocycles. The van der Waals surface area contributed by atoms with Gasteiger partial charge in [0.15, 0.2) is 5.96 Å². The molecule has 0 unspecified atom stereocenters. The Hall–Kier alpha value is -1.55. The second-order valence-electron chi connectivity index (χ2n) is 4.58. The van der Waals surface area contributed by atoms with Crippen molar-refractivity contribution in [2.24, 2.45) is 10.7 Å². The van der Waals surface area contributed by atoms with Crippen LogP contribution in [-0.2, 0) is 4.74 Å². The number of benzene rings is 1. The van der Waals surface area contributed by atoms with Gasteiger partial charge in [-0.25, -0.2) is 0 Å². The van der Waals surface area contributed by atoms with Crippen LogP contribution in [0.25, 0.3) is 0 Å². The second kappa shape index (κ2) is 9.39. The molecule has 4 heteroatoms. The summed E-state index contributed by atoms with van der Waals surface area (Å²) in [6.07, 6.45) is 3.20. The first kappa shape index (κ1) is 15.5. The van der Waals surface area contributed by atoms with Gasteiger partial charge >= 0.3 is 0 Å². The summed E-state index contributed by atoms with van der Waals surface area (Å²) in [5, 5.41) is 3.08. The Kier molecular flexibility index (Phi) is 7.66. The maximum absolute atomic E-state index is 5.82. The van der Waals surface area contributed by atoms with Crippen LogP contribution in [0.1, 0.15) is 31.7 Å². The number of guanidine groups is 1. The van der Waals surface area contributed by atoms with Crippen LogP contribution in [-0.4, -0.2) is 25.7 Å². The second-order valence-corrected chi connectivity index (χ2v) is 4.58. The number of nitrogens with two attached hydrogens (primary N) is 1. The molecule has 0 amide bonds. The molecule has 106 valence electrons. The van der Waals surface area contributed by atoms with Crippen molar-refractivity contribution in [1.82, 2.24) is 0 Å². The molecule has 0 heterocycles. The van der Waals surface area contributed by atoms with Gasteiger partial charge in [-0.15, -0.1) is 0 Å². The van der Waals surface area contributed by atoms with E-state index in [-0.39, 0.29) is 0 Å². The van der Waals surface area contributed by atoms with Crippen LogP contribution in [0.2, 0.25) is 0 Å². The summed E-state index contributed by atoms with van der Waals surface area (Å²) in [6, 6.07) is 8.05. The molecule has 0 atom stereocenters. The average Bonchev–Trinajstić information content (AvgIpc) is 2.37. The van der Waals surface area contributed by atoms with E-state index in [9.17, 15) is 0 Å². The molecule has 0 aromatic heterocycles. The van der Waals surface area contributed by atoms with Gasteiger partial charge in [-0.05, 0) is 37.5 Å². The van der Waals surface area contributed by atoms with Crippen LogP contribution in [0, 0.1) is 6.92 Å². The molecule has 4 nitrogen and oxygen atoms in total. The molecule has 1 aromatic rings. The number of ether oxygens (including phenoxy) is 1. The molecule has 0 saturated heterocycles. The van der Waals surface area contributed by atoms with Gasteiger partial charge in [-0.3, -0.25) is 4.99 Å². The number of aryl methyl sites for hydroxylation is 1. The monoisotopic (exact) mass is 263 g/mol. The maximum Gasteiger partial charge on any atom is 0.193 e. The van der Waals surface area contributed by atoms with Crippen LogP contribution >= 0.6 is 0 Å². The van der Waals surface area contributed by atoms with Gasteiger partial charge in [-0.2, -0.15) is 0 Å². The highest BCUT2D eigenvalue weighted by Gasteiger charge is 1.95. The zero-order valence-corrected chi connectivity index (χ0v) is 12.0. The van der Waals surface area contributed by atoms with Crippen LogP contribution in [0.4, 0.5) is 5.69 Å². The van der Waals surface area contributed by atoms with Crippen molar-refractivity contribution >= 4 is 11.6 Å². The Morgan fingerprint density at radius 3 is 2.84 bits per heavy atom. The molecule has 0 spiro atoms. The lowest BCUT2D eigenvalue weighted by Gasteiger charge is -2.06. The SMILES string of the molecule is CCCCOCCCN=C(N)Nc1cccc(C)c1. The Morgan fingerprint density at radius 2 is 2.11 bits per heavy atom. The van der Waals surface area contributed by atoms with Crippen LogP contribution < -0.4 is 11.1 Å². The Balaban J connectivity index is 2.18. The van der Waals surface area contributed by atoms with Crippen molar-refractivity contribution in [1.29, 1.82) is 0 Å². The summed E-state index contributed by atoms with van der Waals surface area (Å²) in [4.78, 5) is 4.27. The average molecular weight is 263 g/mol. The molecule has 1 rings (SSSR count). The molecule has 0 aliphatic heterocycles. The van der Waals surface area contributed by atoms with Gasteiger partial charge in [0.05, 0.1) is 0 Å². The fourth-order valence-electron chi connectivity index (χ4n) is 1.62. The number of hydrogen-bond acceptors (Lipinski definition) is 2. The fraction of sp³-hybridized carbons (Fsp3) is 0.533. The number of hydrogen-bond donors (Lipinski definition) is 2. The smallest absolute Gasteiger partial charge is 0.193 e. The zero-order valence-electron chi connectivity index (χ0n) is 12.0. The maximum atomic E-state index is 5.82. The molecule has 0 radical (unpaired) electrons. The normalized spacial score (nSPS) is 11.6. The summed E-state index contributed by atoms with van der Waals surface area (Å²) in [6.45, 7) is 6.49. The summed E-state index contributed by atoms with van der Waals surface area (Å²) in [5.74, 6) is 0.458. The first-order valence-electron chi connectivity index (χ1n) is 6.93. The van der Waals surface area contributed by atoms with E-state index in [0.29, 0.717) is 12.5 Å². The zero-order chi connectivity index (χ0) is 13.9. The topological polar surface area (TPSA) is 59.6 Å². The molecule has 0 saturated carbocycles. The number of unbranched alkanes of at least 4 members (excludes halogenated alkanes) is 1. The lowest BCUT2D eigenvalue weighted by Crippen LogP contribution is -2.23. The van der Waals surface area contributed by atoms with Gasteiger partial charge in [-0.1, -0.05) is 25.5 Å². The fourth-order valence-corrected chi connectivity index (χ4v) is 1.62. The Morgan fingerprint density at radius 1 is 1.32 bits per heavy atom. The van der Waals surface area contributed by atoms with Crippen molar-refractivity contribution in [2.45, 2.75) is 33.1 Å². The molecule has 0 aliphatic carbocycles. The third-order valence-corrected chi connectivity index (χ3v) is 2.66. The number of anilines is 1. The number of aliphatic imine (C=N–C) groups is 1. The quantitative estimate of drug-likeness (QED) is 0.431. The molecule has 0 aliphatic rings. The predicted octanol–water partition coefficient (Wildman–Crippen LogP) is 2.93. The van der Waals surface area contributed by atoms with E-state index in [1.165, 1.54) is 12.0 Å². The van der Waals surface area contributed by atoms with Crippen molar-refractivity contribution in [3.8, 4) is 0 Å². The Bertz CT molecular complexity index is 391. The summed E-state index contributed by atoms with van der Waals surface area (Å²) in [5.41, 5.74) is 7.99. The third-order valence-electron chi connectivity index (χ3n) is 2.66. The van der Waals surface area contributed by atoms with E-state index < -0.39 is 0 Å². The lowest BCUT2D eigenvalue weighted by atomic mass is 10.2. The molecule has 0 fully saturated rings. The minimum Gasteiger partial charge on any atom is -0.381 e. The molecule has 19 heavy (non-hydrogen) atoms. The van der Waals surface area contributed by atoms with Gasteiger partial charge < -0.3 is 15.8 Å². The molecular formula is C15H25N3O. The van der Waals surface area contributed by atoms with E-state index in [0.717, 1.165) is 31.7 Å². The third kappa shape index (κ3) is 7.47. The number of rotatable bonds is 8. The first-order chi connectivity index (χ1) is 9.22. The van der Waals surface area contributed by atoms with Crippen LogP contribution in [0.15, 0.2) is 29.3 Å². The van der Waals surface area contributed by atoms with Crippen molar-refractivity contribution in [3.63, 3.8) is 0 Å². The van der Waals surface area contributed by atoms with E-state index in [1.54, 1.807) is 0 Å².